The molecule has 1 aromatic rings. The Morgan fingerprint density at radius 2 is 1.71 bits per heavy atom. The highest BCUT2D eigenvalue weighted by atomic mass is 16.5. The molecule has 0 aliphatic heterocycles. The Morgan fingerprint density at radius 1 is 1.08 bits per heavy atom. The smallest absolute Gasteiger partial charge is 0.128 e. The lowest BCUT2D eigenvalue weighted by Gasteiger charge is -2.57. The molecule has 1 aromatic carbocycles. The molecule has 0 aromatic heterocycles. The summed E-state index contributed by atoms with van der Waals surface area (Å²) in [6, 6.07) is 4.51. The summed E-state index contributed by atoms with van der Waals surface area (Å²) in [6.45, 7) is 0. The summed E-state index contributed by atoms with van der Waals surface area (Å²) >= 11 is 0. The largest absolute Gasteiger partial charge is 0.507 e. The first kappa shape index (κ1) is 14.8. The highest BCUT2D eigenvalue weighted by Gasteiger charge is 2.52. The average Bonchev–Trinajstić information content (AvgIpc) is 3.37. The molecule has 1 N–H and O–H groups in total. The Bertz CT molecular complexity index is 654. The summed E-state index contributed by atoms with van der Waals surface area (Å²) in [5.41, 5.74) is 2.15. The number of benzene rings is 1. The van der Waals surface area contributed by atoms with Crippen LogP contribution >= 0.6 is 0 Å². The molecule has 3 nitrogen and oxygen atoms in total. The topological polar surface area (TPSA) is 41.8 Å². The van der Waals surface area contributed by atoms with Crippen molar-refractivity contribution in [2.24, 2.45) is 22.7 Å². The second kappa shape index (κ2) is 5.24. The number of hydrogen-bond donors (Lipinski definition) is 1. The van der Waals surface area contributed by atoms with E-state index in [9.17, 15) is 5.11 Å². The molecule has 5 aliphatic rings. The first-order chi connectivity index (χ1) is 11.6. The standard InChI is InChI=1S/C21H27NO2/c1-24-18-7-16(12-22-17-2-3-17)20(23)19(8-18)21-9-13-4-14(10-21)6-15(5-13)11-21/h7-8,12-15,17,23H,2-6,9-11H2,1H3. The van der Waals surface area contributed by atoms with E-state index in [1.165, 1.54) is 51.4 Å². The molecule has 24 heavy (non-hydrogen) atoms. The molecule has 0 amide bonds. The quantitative estimate of drug-likeness (QED) is 0.831. The van der Waals surface area contributed by atoms with Crippen LogP contribution in [-0.2, 0) is 5.41 Å². The lowest BCUT2D eigenvalue weighted by molar-refractivity contribution is -0.00622. The van der Waals surface area contributed by atoms with E-state index in [4.69, 9.17) is 4.74 Å². The van der Waals surface area contributed by atoms with Gasteiger partial charge in [-0.3, -0.25) is 4.99 Å². The van der Waals surface area contributed by atoms with Gasteiger partial charge >= 0.3 is 0 Å². The van der Waals surface area contributed by atoms with Crippen LogP contribution in [0.2, 0.25) is 0 Å². The minimum Gasteiger partial charge on any atom is -0.507 e. The third-order valence-electron chi connectivity index (χ3n) is 6.93. The molecule has 0 saturated heterocycles. The van der Waals surface area contributed by atoms with Crippen molar-refractivity contribution in [2.75, 3.05) is 7.11 Å². The van der Waals surface area contributed by atoms with Gasteiger partial charge in [-0.1, -0.05) is 0 Å². The molecule has 5 saturated carbocycles. The zero-order valence-electron chi connectivity index (χ0n) is 14.5. The van der Waals surface area contributed by atoms with Gasteiger partial charge < -0.3 is 9.84 Å². The number of rotatable bonds is 4. The Kier molecular flexibility index (Phi) is 3.23. The highest BCUT2D eigenvalue weighted by molar-refractivity contribution is 5.85. The number of phenolic OH excluding ortho intramolecular Hbond substituents is 1. The second-order valence-electron chi connectivity index (χ2n) is 8.82. The van der Waals surface area contributed by atoms with E-state index in [1.54, 1.807) is 7.11 Å². The minimum atomic E-state index is 0.176. The average molecular weight is 325 g/mol. The Morgan fingerprint density at radius 3 is 2.25 bits per heavy atom. The summed E-state index contributed by atoms with van der Waals surface area (Å²) in [6.07, 6.45) is 12.2. The molecule has 6 rings (SSSR count). The summed E-state index contributed by atoms with van der Waals surface area (Å²) < 4.78 is 5.56. The highest BCUT2D eigenvalue weighted by Crippen LogP contribution is 2.62. The molecule has 0 unspecified atom stereocenters. The molecule has 128 valence electrons. The van der Waals surface area contributed by atoms with E-state index in [0.717, 1.165) is 34.6 Å². The Hall–Kier alpha value is -1.51. The number of aromatic hydroxyl groups is 1. The predicted octanol–water partition coefficient (Wildman–Crippen LogP) is 4.45. The third-order valence-corrected chi connectivity index (χ3v) is 6.93. The van der Waals surface area contributed by atoms with Crippen molar-refractivity contribution in [3.8, 4) is 11.5 Å². The first-order valence-electron chi connectivity index (χ1n) is 9.60. The van der Waals surface area contributed by atoms with Gasteiger partial charge in [-0.05, 0) is 86.7 Å². The maximum absolute atomic E-state index is 11.1. The summed E-state index contributed by atoms with van der Waals surface area (Å²) in [7, 11) is 1.72. The van der Waals surface area contributed by atoms with Gasteiger partial charge in [0.2, 0.25) is 0 Å². The zero-order chi connectivity index (χ0) is 16.3. The lowest BCUT2D eigenvalue weighted by atomic mass is 9.48. The molecular formula is C21H27NO2. The number of nitrogens with zero attached hydrogens (tertiary/aromatic N) is 1. The van der Waals surface area contributed by atoms with Gasteiger partial charge in [0, 0.05) is 17.3 Å². The van der Waals surface area contributed by atoms with Crippen LogP contribution in [0.15, 0.2) is 17.1 Å². The number of hydrogen-bond acceptors (Lipinski definition) is 3. The maximum Gasteiger partial charge on any atom is 0.128 e. The van der Waals surface area contributed by atoms with Gasteiger partial charge in [-0.2, -0.15) is 0 Å². The fraction of sp³-hybridized carbons (Fsp3) is 0.667. The molecule has 0 spiro atoms. The van der Waals surface area contributed by atoms with Crippen LogP contribution in [-0.4, -0.2) is 24.5 Å². The third kappa shape index (κ3) is 2.35. The van der Waals surface area contributed by atoms with Crippen molar-refractivity contribution in [1.29, 1.82) is 0 Å². The van der Waals surface area contributed by atoms with Crippen LogP contribution in [0.4, 0.5) is 0 Å². The van der Waals surface area contributed by atoms with Gasteiger partial charge in [-0.15, -0.1) is 0 Å². The maximum atomic E-state index is 11.1. The van der Waals surface area contributed by atoms with E-state index in [0.29, 0.717) is 11.8 Å². The lowest BCUT2D eigenvalue weighted by Crippen LogP contribution is -2.48. The van der Waals surface area contributed by atoms with Crippen molar-refractivity contribution >= 4 is 6.21 Å². The molecule has 0 atom stereocenters. The van der Waals surface area contributed by atoms with Crippen molar-refractivity contribution < 1.29 is 9.84 Å². The van der Waals surface area contributed by atoms with Gasteiger partial charge in [0.25, 0.3) is 0 Å². The molecule has 5 fully saturated rings. The van der Waals surface area contributed by atoms with Crippen molar-refractivity contribution in [3.05, 3.63) is 23.3 Å². The van der Waals surface area contributed by atoms with Crippen LogP contribution < -0.4 is 4.74 Å². The molecule has 0 heterocycles. The number of ether oxygens (including phenoxy) is 1. The van der Waals surface area contributed by atoms with Crippen molar-refractivity contribution in [3.63, 3.8) is 0 Å². The second-order valence-corrected chi connectivity index (χ2v) is 8.82. The predicted molar refractivity (Wildman–Crippen MR) is 95.1 cm³/mol. The van der Waals surface area contributed by atoms with Gasteiger partial charge in [0.05, 0.1) is 13.2 Å². The van der Waals surface area contributed by atoms with Gasteiger partial charge in [0.1, 0.15) is 11.5 Å². The van der Waals surface area contributed by atoms with Crippen molar-refractivity contribution in [1.82, 2.24) is 0 Å². The van der Waals surface area contributed by atoms with Gasteiger partial charge in [0.15, 0.2) is 0 Å². The molecule has 3 heteroatoms. The van der Waals surface area contributed by atoms with E-state index in [2.05, 4.69) is 11.1 Å². The van der Waals surface area contributed by atoms with Gasteiger partial charge in [-0.25, -0.2) is 0 Å². The Labute approximate surface area is 144 Å². The van der Waals surface area contributed by atoms with Crippen LogP contribution in [0.1, 0.15) is 62.5 Å². The normalized spacial score (nSPS) is 37.3. The minimum absolute atomic E-state index is 0.176. The molecule has 0 radical (unpaired) electrons. The summed E-state index contributed by atoms with van der Waals surface area (Å²) in [4.78, 5) is 4.59. The van der Waals surface area contributed by atoms with Crippen LogP contribution in [0, 0.1) is 17.8 Å². The van der Waals surface area contributed by atoms with E-state index >= 15 is 0 Å². The molecular weight excluding hydrogens is 298 g/mol. The first-order valence-corrected chi connectivity index (χ1v) is 9.60. The zero-order valence-corrected chi connectivity index (χ0v) is 14.5. The van der Waals surface area contributed by atoms with Crippen LogP contribution in [0.5, 0.6) is 11.5 Å². The summed E-state index contributed by atoms with van der Waals surface area (Å²) in [5, 5.41) is 11.1. The molecule has 5 aliphatic carbocycles. The fourth-order valence-electron chi connectivity index (χ4n) is 6.10. The van der Waals surface area contributed by atoms with E-state index in [-0.39, 0.29) is 5.41 Å². The Balaban J connectivity index is 1.58. The van der Waals surface area contributed by atoms with E-state index < -0.39 is 0 Å². The fourth-order valence-corrected chi connectivity index (χ4v) is 6.10. The monoisotopic (exact) mass is 325 g/mol. The SMILES string of the molecule is COc1cc(C=NC2CC2)c(O)c(C23CC4CC(CC(C4)C2)C3)c1. The van der Waals surface area contributed by atoms with Crippen molar-refractivity contribution in [2.45, 2.75) is 62.8 Å². The molecule has 4 bridgehead atoms. The van der Waals surface area contributed by atoms with E-state index in [1.807, 2.05) is 12.3 Å². The summed E-state index contributed by atoms with van der Waals surface area (Å²) in [5.74, 6) is 3.92. The number of phenols is 1. The van der Waals surface area contributed by atoms with Crippen LogP contribution in [0.3, 0.4) is 0 Å². The number of aliphatic imine (C=N–C) groups is 1. The number of methoxy groups -OCH3 is 1. The van der Waals surface area contributed by atoms with Crippen LogP contribution in [0.25, 0.3) is 0 Å².